The van der Waals surface area contributed by atoms with Crippen molar-refractivity contribution in [2.45, 2.75) is 26.1 Å². The molecule has 2 unspecified atom stereocenters. The fraction of sp³-hybridized carbons (Fsp3) is 0.571. The van der Waals surface area contributed by atoms with Crippen LogP contribution in [0, 0.1) is 0 Å². The molecule has 3 N–H and O–H groups in total. The van der Waals surface area contributed by atoms with Gasteiger partial charge in [-0.25, -0.2) is 0 Å². The molecule has 0 aromatic carbocycles. The number of aliphatic hydroxyl groups excluding tert-OH is 2. The van der Waals surface area contributed by atoms with Crippen molar-refractivity contribution in [3.8, 4) is 0 Å². The summed E-state index contributed by atoms with van der Waals surface area (Å²) in [6.07, 6.45) is -2.69. The van der Waals surface area contributed by atoms with Crippen LogP contribution in [0.3, 0.4) is 0 Å². The Kier molecular flexibility index (Phi) is 26.2. The van der Waals surface area contributed by atoms with Crippen LogP contribution in [0.2, 0.25) is 0 Å². The van der Waals surface area contributed by atoms with Crippen molar-refractivity contribution in [1.82, 2.24) is 0 Å². The van der Waals surface area contributed by atoms with E-state index in [-0.39, 0.29) is 44.2 Å². The summed E-state index contributed by atoms with van der Waals surface area (Å²) in [5.74, 6) is -2.87. The Morgan fingerprint density at radius 3 is 1.12 bits per heavy atom. The SMILES string of the molecule is CC(O)C(=O)[O-].CC(O)C(=O)[O-].O=CO.[Ca+2]. The predicted octanol–water partition coefficient (Wildman–Crippen LogP) is -4.45. The second-order valence-electron chi connectivity index (χ2n) is 2.10. The minimum atomic E-state index is -1.44. The van der Waals surface area contributed by atoms with E-state index in [1.807, 2.05) is 0 Å². The second-order valence-corrected chi connectivity index (χ2v) is 2.10. The first kappa shape index (κ1) is 24.7. The molecule has 0 aliphatic carbocycles. The van der Waals surface area contributed by atoms with Gasteiger partial charge in [-0.3, -0.25) is 4.79 Å². The van der Waals surface area contributed by atoms with Crippen molar-refractivity contribution in [2.75, 3.05) is 0 Å². The van der Waals surface area contributed by atoms with Crippen LogP contribution in [0.4, 0.5) is 0 Å². The van der Waals surface area contributed by atoms with Gasteiger partial charge in [0.2, 0.25) is 0 Å². The molecule has 0 saturated heterocycles. The summed E-state index contributed by atoms with van der Waals surface area (Å²) >= 11 is 0. The Hall–Kier alpha value is -0.410. The van der Waals surface area contributed by atoms with E-state index in [0.29, 0.717) is 0 Å². The van der Waals surface area contributed by atoms with Crippen molar-refractivity contribution in [2.24, 2.45) is 0 Å². The molecule has 0 bridgehead atoms. The third-order valence-electron chi connectivity index (χ3n) is 0.682. The summed E-state index contributed by atoms with van der Waals surface area (Å²) in [6, 6.07) is 0. The van der Waals surface area contributed by atoms with Gasteiger partial charge in [-0.1, -0.05) is 0 Å². The number of carbonyl (C=O) groups excluding carboxylic acids is 2. The monoisotopic (exact) mass is 264 g/mol. The average Bonchev–Trinajstić information content (AvgIpc) is 2.06. The van der Waals surface area contributed by atoms with Gasteiger partial charge in [0, 0.05) is 0 Å². The summed E-state index contributed by atoms with van der Waals surface area (Å²) in [4.78, 5) is 27.0. The van der Waals surface area contributed by atoms with Crippen LogP contribution in [0.15, 0.2) is 0 Å². The molecule has 0 radical (unpaired) electrons. The molecule has 90 valence electrons. The Bertz CT molecular complexity index is 173. The number of hydrogen-bond acceptors (Lipinski definition) is 7. The molecule has 0 spiro atoms. The molecule has 2 atom stereocenters. The van der Waals surface area contributed by atoms with Gasteiger partial charge in [0.25, 0.3) is 6.47 Å². The van der Waals surface area contributed by atoms with Gasteiger partial charge < -0.3 is 35.1 Å². The van der Waals surface area contributed by atoms with Crippen molar-refractivity contribution in [3.05, 3.63) is 0 Å². The van der Waals surface area contributed by atoms with Gasteiger partial charge >= 0.3 is 37.7 Å². The van der Waals surface area contributed by atoms with E-state index in [0.717, 1.165) is 13.8 Å². The van der Waals surface area contributed by atoms with Crippen LogP contribution in [-0.4, -0.2) is 83.7 Å². The maximum atomic E-state index is 9.34. The zero-order valence-corrected chi connectivity index (χ0v) is 11.0. The van der Waals surface area contributed by atoms with Gasteiger partial charge in [0.05, 0.1) is 24.1 Å². The van der Waals surface area contributed by atoms with Crippen LogP contribution in [0.5, 0.6) is 0 Å². The molecular weight excluding hydrogens is 252 g/mol. The van der Waals surface area contributed by atoms with Crippen LogP contribution in [0.1, 0.15) is 13.8 Å². The molecule has 0 aliphatic rings. The topological polar surface area (TPSA) is 158 Å². The molecule has 9 heteroatoms. The Balaban J connectivity index is -0.0000000692. The normalized spacial score (nSPS) is 11.0. The third kappa shape index (κ3) is 37.4. The third-order valence-corrected chi connectivity index (χ3v) is 0.682. The van der Waals surface area contributed by atoms with Gasteiger partial charge in [-0.2, -0.15) is 0 Å². The Morgan fingerprint density at radius 2 is 1.12 bits per heavy atom. The van der Waals surface area contributed by atoms with Gasteiger partial charge in [-0.15, -0.1) is 0 Å². The van der Waals surface area contributed by atoms with E-state index in [2.05, 4.69) is 0 Å². The fourth-order valence-electron chi connectivity index (χ4n) is 0. The first-order valence-electron chi connectivity index (χ1n) is 3.56. The van der Waals surface area contributed by atoms with E-state index in [1.54, 1.807) is 0 Å². The van der Waals surface area contributed by atoms with E-state index in [4.69, 9.17) is 20.1 Å². The summed E-state index contributed by atoms with van der Waals surface area (Å²) in [7, 11) is 0. The van der Waals surface area contributed by atoms with Gasteiger partial charge in [0.15, 0.2) is 0 Å². The zero-order chi connectivity index (χ0) is 13.0. The smallest absolute Gasteiger partial charge is 0.547 e. The van der Waals surface area contributed by atoms with Crippen molar-refractivity contribution in [1.29, 1.82) is 0 Å². The molecule has 0 aromatic heterocycles. The van der Waals surface area contributed by atoms with Crippen molar-refractivity contribution >= 4 is 56.1 Å². The first-order valence-corrected chi connectivity index (χ1v) is 3.56. The summed E-state index contributed by atoms with van der Waals surface area (Å²) in [6.45, 7) is 2.02. The summed E-state index contributed by atoms with van der Waals surface area (Å²) in [5.41, 5.74) is 0. The summed E-state index contributed by atoms with van der Waals surface area (Å²) in [5, 5.41) is 41.5. The van der Waals surface area contributed by atoms with E-state index in [1.165, 1.54) is 0 Å². The van der Waals surface area contributed by atoms with E-state index in [9.17, 15) is 19.8 Å². The number of rotatable bonds is 2. The molecule has 0 heterocycles. The minimum absolute atomic E-state index is 0. The van der Waals surface area contributed by atoms with Crippen LogP contribution >= 0.6 is 0 Å². The number of hydrogen-bond donors (Lipinski definition) is 3. The minimum Gasteiger partial charge on any atom is -0.547 e. The van der Waals surface area contributed by atoms with E-state index < -0.39 is 24.1 Å². The molecule has 16 heavy (non-hydrogen) atoms. The molecule has 0 aromatic rings. The Morgan fingerprint density at radius 1 is 1.06 bits per heavy atom. The number of aliphatic hydroxyl groups is 2. The molecule has 0 fully saturated rings. The van der Waals surface area contributed by atoms with Crippen LogP contribution in [-0.2, 0) is 14.4 Å². The molecule has 0 saturated carbocycles. The molecule has 0 aliphatic heterocycles. The largest absolute Gasteiger partial charge is 2.00 e. The van der Waals surface area contributed by atoms with Crippen LogP contribution < -0.4 is 10.2 Å². The first-order chi connectivity index (χ1) is 6.70. The van der Waals surface area contributed by atoms with E-state index >= 15 is 0 Å². The van der Waals surface area contributed by atoms with Gasteiger partial charge in [-0.05, 0) is 13.8 Å². The summed E-state index contributed by atoms with van der Waals surface area (Å²) < 4.78 is 0. The fourth-order valence-corrected chi connectivity index (χ4v) is 0. The van der Waals surface area contributed by atoms with Crippen LogP contribution in [0.25, 0.3) is 0 Å². The second kappa shape index (κ2) is 17.0. The Labute approximate surface area is 122 Å². The number of aliphatic carboxylic acids is 2. The standard InChI is InChI=1S/2C3H6O3.CH2O2.Ca/c2*1-2(4)3(5)6;2-1-3;/h2*2,4H,1H3,(H,5,6);1H,(H,2,3);/q;;;+2/p-2. The number of carboxylic acid groups (broad SMARTS) is 3. The maximum Gasteiger partial charge on any atom is 2.00 e. The van der Waals surface area contributed by atoms with Crippen molar-refractivity contribution < 1.29 is 39.9 Å². The number of carbonyl (C=O) groups is 3. The predicted molar refractivity (Wildman–Crippen MR) is 47.8 cm³/mol. The molecule has 0 rings (SSSR count). The molecule has 0 amide bonds. The maximum absolute atomic E-state index is 9.34. The quantitative estimate of drug-likeness (QED) is 0.333. The van der Waals surface area contributed by atoms with Crippen molar-refractivity contribution in [3.63, 3.8) is 0 Å². The molecular formula is C7H12CaO8. The zero-order valence-electron chi connectivity index (χ0n) is 8.82. The van der Waals surface area contributed by atoms with Gasteiger partial charge in [0.1, 0.15) is 0 Å². The number of carboxylic acids is 2. The average molecular weight is 264 g/mol. The molecule has 8 nitrogen and oxygen atoms in total.